The Hall–Kier alpha value is -1.95. The molecule has 0 saturated carbocycles. The molecule has 1 N–H and O–H groups in total. The minimum atomic E-state index is -0.289. The summed E-state index contributed by atoms with van der Waals surface area (Å²) >= 11 is 0. The number of hydrogen-bond acceptors (Lipinski definition) is 4. The SMILES string of the molecule is CNC(Cc1cn(C)nn1)c1ccc(OC)cc1F. The third-order valence-corrected chi connectivity index (χ3v) is 2.99. The molecule has 0 saturated heterocycles. The van der Waals surface area contributed by atoms with E-state index in [9.17, 15) is 4.39 Å². The second kappa shape index (κ2) is 5.79. The molecule has 1 aromatic carbocycles. The van der Waals surface area contributed by atoms with E-state index < -0.39 is 0 Å². The zero-order valence-electron chi connectivity index (χ0n) is 11.2. The quantitative estimate of drug-likeness (QED) is 0.888. The van der Waals surface area contributed by atoms with Crippen molar-refractivity contribution in [3.05, 3.63) is 41.5 Å². The molecule has 0 amide bonds. The molecule has 6 heteroatoms. The number of ether oxygens (including phenoxy) is 1. The Morgan fingerprint density at radius 2 is 2.26 bits per heavy atom. The number of hydrogen-bond donors (Lipinski definition) is 1. The number of aromatic nitrogens is 3. The summed E-state index contributed by atoms with van der Waals surface area (Å²) in [5, 5.41) is 11.0. The third kappa shape index (κ3) is 3.08. The molecule has 0 aliphatic carbocycles. The van der Waals surface area contributed by atoms with Gasteiger partial charge in [0.1, 0.15) is 11.6 Å². The van der Waals surface area contributed by atoms with Gasteiger partial charge in [0, 0.05) is 37.3 Å². The lowest BCUT2D eigenvalue weighted by Crippen LogP contribution is -2.20. The van der Waals surface area contributed by atoms with Crippen molar-refractivity contribution in [2.24, 2.45) is 7.05 Å². The fourth-order valence-corrected chi connectivity index (χ4v) is 1.98. The summed E-state index contributed by atoms with van der Waals surface area (Å²) in [7, 11) is 5.12. The zero-order valence-corrected chi connectivity index (χ0v) is 11.2. The average molecular weight is 264 g/mol. The Morgan fingerprint density at radius 3 is 2.79 bits per heavy atom. The van der Waals surface area contributed by atoms with Crippen LogP contribution in [-0.4, -0.2) is 29.2 Å². The van der Waals surface area contributed by atoms with Crippen molar-refractivity contribution in [1.82, 2.24) is 20.3 Å². The van der Waals surface area contributed by atoms with Gasteiger partial charge in [-0.3, -0.25) is 4.68 Å². The maximum atomic E-state index is 14.0. The van der Waals surface area contributed by atoms with Crippen LogP contribution in [0.2, 0.25) is 0 Å². The Kier molecular flexibility index (Phi) is 4.11. The van der Waals surface area contributed by atoms with Crippen molar-refractivity contribution in [3.63, 3.8) is 0 Å². The van der Waals surface area contributed by atoms with Gasteiger partial charge in [-0.25, -0.2) is 4.39 Å². The molecule has 1 aromatic heterocycles. The van der Waals surface area contributed by atoms with Gasteiger partial charge < -0.3 is 10.1 Å². The Labute approximate surface area is 111 Å². The average Bonchev–Trinajstić information content (AvgIpc) is 2.81. The van der Waals surface area contributed by atoms with Crippen LogP contribution >= 0.6 is 0 Å². The molecule has 0 bridgehead atoms. The molecule has 102 valence electrons. The lowest BCUT2D eigenvalue weighted by Gasteiger charge is -2.16. The van der Waals surface area contributed by atoms with Crippen LogP contribution in [0.3, 0.4) is 0 Å². The molecule has 2 rings (SSSR count). The number of aryl methyl sites for hydroxylation is 1. The van der Waals surface area contributed by atoms with Crippen molar-refractivity contribution in [3.8, 4) is 5.75 Å². The van der Waals surface area contributed by atoms with E-state index in [0.717, 1.165) is 5.69 Å². The van der Waals surface area contributed by atoms with E-state index in [0.29, 0.717) is 17.7 Å². The van der Waals surface area contributed by atoms with Crippen LogP contribution in [0.4, 0.5) is 4.39 Å². The van der Waals surface area contributed by atoms with Crippen molar-refractivity contribution in [2.45, 2.75) is 12.5 Å². The van der Waals surface area contributed by atoms with Crippen LogP contribution in [0, 0.1) is 5.82 Å². The molecule has 1 heterocycles. The summed E-state index contributed by atoms with van der Waals surface area (Å²) in [5.41, 5.74) is 1.41. The summed E-state index contributed by atoms with van der Waals surface area (Å²) < 4.78 is 20.7. The van der Waals surface area contributed by atoms with E-state index in [4.69, 9.17) is 4.74 Å². The molecule has 5 nitrogen and oxygen atoms in total. The second-order valence-electron chi connectivity index (χ2n) is 4.32. The minimum absolute atomic E-state index is 0.150. The summed E-state index contributed by atoms with van der Waals surface area (Å²) in [5.74, 6) is 0.221. The van der Waals surface area contributed by atoms with Gasteiger partial charge in [0.05, 0.1) is 12.8 Å². The molecule has 0 aliphatic rings. The fourth-order valence-electron chi connectivity index (χ4n) is 1.98. The monoisotopic (exact) mass is 264 g/mol. The van der Waals surface area contributed by atoms with E-state index >= 15 is 0 Å². The van der Waals surface area contributed by atoms with Gasteiger partial charge in [0.25, 0.3) is 0 Å². The van der Waals surface area contributed by atoms with Crippen LogP contribution < -0.4 is 10.1 Å². The first kappa shape index (κ1) is 13.5. The first-order valence-electron chi connectivity index (χ1n) is 6.00. The standard InChI is InChI=1S/C13H17FN4O/c1-15-13(6-9-8-18(2)17-16-9)11-5-4-10(19-3)7-12(11)14/h4-5,7-8,13,15H,6H2,1-3H3. The van der Waals surface area contributed by atoms with Crippen LogP contribution in [0.25, 0.3) is 0 Å². The summed E-state index contributed by atoms with van der Waals surface area (Å²) in [6.07, 6.45) is 2.40. The van der Waals surface area contributed by atoms with Crippen molar-refractivity contribution in [1.29, 1.82) is 0 Å². The van der Waals surface area contributed by atoms with Gasteiger partial charge in [-0.1, -0.05) is 11.3 Å². The van der Waals surface area contributed by atoms with E-state index in [-0.39, 0.29) is 11.9 Å². The van der Waals surface area contributed by atoms with Crippen molar-refractivity contribution >= 4 is 0 Å². The van der Waals surface area contributed by atoms with Crippen LogP contribution in [0.1, 0.15) is 17.3 Å². The summed E-state index contributed by atoms with van der Waals surface area (Å²) in [4.78, 5) is 0. The number of nitrogens with zero attached hydrogens (tertiary/aromatic N) is 3. The van der Waals surface area contributed by atoms with Crippen molar-refractivity contribution in [2.75, 3.05) is 14.2 Å². The molecule has 0 fully saturated rings. The Bertz CT molecular complexity index is 555. The van der Waals surface area contributed by atoms with Gasteiger partial charge in [-0.2, -0.15) is 0 Å². The number of methoxy groups -OCH3 is 1. The number of rotatable bonds is 5. The smallest absolute Gasteiger partial charge is 0.131 e. The molecule has 2 aromatic rings. The number of halogens is 1. The highest BCUT2D eigenvalue weighted by Crippen LogP contribution is 2.23. The molecule has 0 aliphatic heterocycles. The lowest BCUT2D eigenvalue weighted by molar-refractivity contribution is 0.409. The molecular formula is C13H17FN4O. The van der Waals surface area contributed by atoms with Crippen LogP contribution in [0.15, 0.2) is 24.4 Å². The lowest BCUT2D eigenvalue weighted by atomic mass is 10.0. The van der Waals surface area contributed by atoms with Gasteiger partial charge >= 0.3 is 0 Å². The first-order chi connectivity index (χ1) is 9.13. The predicted octanol–water partition coefficient (Wildman–Crippen LogP) is 1.47. The number of benzene rings is 1. The van der Waals surface area contributed by atoms with E-state index in [1.165, 1.54) is 13.2 Å². The zero-order chi connectivity index (χ0) is 13.8. The topological polar surface area (TPSA) is 52.0 Å². The van der Waals surface area contributed by atoms with Gasteiger partial charge in [-0.05, 0) is 13.1 Å². The van der Waals surface area contributed by atoms with Crippen molar-refractivity contribution < 1.29 is 9.13 Å². The van der Waals surface area contributed by atoms with E-state index in [1.54, 1.807) is 30.9 Å². The Balaban J connectivity index is 2.21. The molecule has 0 radical (unpaired) electrons. The highest BCUT2D eigenvalue weighted by Gasteiger charge is 2.16. The molecule has 1 atom stereocenters. The second-order valence-corrected chi connectivity index (χ2v) is 4.32. The highest BCUT2D eigenvalue weighted by atomic mass is 19.1. The Morgan fingerprint density at radius 1 is 1.47 bits per heavy atom. The van der Waals surface area contributed by atoms with Crippen LogP contribution in [-0.2, 0) is 13.5 Å². The minimum Gasteiger partial charge on any atom is -0.497 e. The van der Waals surface area contributed by atoms with E-state index in [1.807, 2.05) is 6.20 Å². The number of nitrogens with one attached hydrogen (secondary N) is 1. The van der Waals surface area contributed by atoms with Gasteiger partial charge in [-0.15, -0.1) is 5.10 Å². The summed E-state index contributed by atoms with van der Waals surface area (Å²) in [6.45, 7) is 0. The molecule has 1 unspecified atom stereocenters. The maximum Gasteiger partial charge on any atom is 0.131 e. The normalized spacial score (nSPS) is 12.4. The molecule has 19 heavy (non-hydrogen) atoms. The highest BCUT2D eigenvalue weighted by molar-refractivity contribution is 5.31. The van der Waals surface area contributed by atoms with Crippen LogP contribution in [0.5, 0.6) is 5.75 Å². The fraction of sp³-hybridized carbons (Fsp3) is 0.385. The summed E-state index contributed by atoms with van der Waals surface area (Å²) in [6, 6.07) is 4.71. The predicted molar refractivity (Wildman–Crippen MR) is 69.5 cm³/mol. The maximum absolute atomic E-state index is 14.0. The van der Waals surface area contributed by atoms with Gasteiger partial charge in [0.2, 0.25) is 0 Å². The van der Waals surface area contributed by atoms with E-state index in [2.05, 4.69) is 15.6 Å². The largest absolute Gasteiger partial charge is 0.497 e. The molecular weight excluding hydrogens is 247 g/mol. The van der Waals surface area contributed by atoms with Gasteiger partial charge in [0.15, 0.2) is 0 Å². The molecule has 0 spiro atoms. The number of likely N-dealkylation sites (N-methyl/N-ethyl adjacent to an activating group) is 1. The first-order valence-corrected chi connectivity index (χ1v) is 6.00. The third-order valence-electron chi connectivity index (χ3n) is 2.99.